The van der Waals surface area contributed by atoms with Crippen molar-refractivity contribution in [3.8, 4) is 0 Å². The van der Waals surface area contributed by atoms with Crippen LogP contribution in [0.5, 0.6) is 0 Å². The number of carbonyl (C=O) groups is 1. The fraction of sp³-hybridized carbons (Fsp3) is 0.786. The van der Waals surface area contributed by atoms with E-state index in [0.29, 0.717) is 24.6 Å². The molecule has 0 aromatic rings. The zero-order chi connectivity index (χ0) is 16.7. The van der Waals surface area contributed by atoms with Gasteiger partial charge in [0.2, 0.25) is 0 Å². The molecule has 0 fully saturated rings. The zero-order valence-electron chi connectivity index (χ0n) is 14.4. The first-order chi connectivity index (χ1) is 9.51. The van der Waals surface area contributed by atoms with Crippen LogP contribution in [0.3, 0.4) is 0 Å². The van der Waals surface area contributed by atoms with Crippen molar-refractivity contribution in [1.29, 1.82) is 0 Å². The van der Waals surface area contributed by atoms with Crippen LogP contribution >= 0.6 is 0 Å². The minimum atomic E-state index is -2.72. The van der Waals surface area contributed by atoms with E-state index in [2.05, 4.69) is 26.2 Å². The fourth-order valence-electron chi connectivity index (χ4n) is 1.73. The van der Waals surface area contributed by atoms with Gasteiger partial charge in [0, 0.05) is 24.8 Å². The second kappa shape index (κ2) is 8.84. The molecule has 0 N–H and O–H groups in total. The lowest BCUT2D eigenvalue weighted by Crippen LogP contribution is -2.53. The third kappa shape index (κ3) is 9.20. The Bertz CT molecular complexity index is 352. The topological polar surface area (TPSA) is 54.0 Å². The molecule has 124 valence electrons. The van der Waals surface area contributed by atoms with Crippen LogP contribution in [0.1, 0.15) is 27.2 Å². The van der Waals surface area contributed by atoms with Gasteiger partial charge in [-0.05, 0) is 46.8 Å². The molecule has 0 amide bonds. The van der Waals surface area contributed by atoms with E-state index >= 15 is 0 Å². The first kappa shape index (κ1) is 20.5. The van der Waals surface area contributed by atoms with E-state index in [1.807, 2.05) is 13.8 Å². The smallest absolute Gasteiger partial charge is 0.462 e. The molecule has 5 nitrogen and oxygen atoms in total. The average molecular weight is 335 g/mol. The molecule has 0 saturated heterocycles. The Morgan fingerprint density at radius 1 is 1.24 bits per heavy atom. The molecule has 1 unspecified atom stereocenters. The Labute approximate surface area is 131 Å². The van der Waals surface area contributed by atoms with Crippen LogP contribution in [0.4, 0.5) is 0 Å². The van der Waals surface area contributed by atoms with Crippen molar-refractivity contribution in [3.63, 3.8) is 0 Å². The Kier molecular flexibility index (Phi) is 8.64. The summed E-state index contributed by atoms with van der Waals surface area (Å²) in [6.07, 6.45) is 0.682. The fourth-order valence-corrected chi connectivity index (χ4v) is 8.11. The Morgan fingerprint density at radius 3 is 2.19 bits per heavy atom. The van der Waals surface area contributed by atoms with Gasteiger partial charge < -0.3 is 17.7 Å². The minimum absolute atomic E-state index is 0.0333. The second-order valence-electron chi connectivity index (χ2n) is 6.29. The van der Waals surface area contributed by atoms with Crippen molar-refractivity contribution in [2.75, 3.05) is 13.7 Å². The molecule has 0 spiro atoms. The Morgan fingerprint density at radius 2 is 1.81 bits per heavy atom. The molecular formula is C14H30O5Si2. The molecule has 0 aliphatic heterocycles. The molecule has 0 rings (SSSR count). The van der Waals surface area contributed by atoms with Gasteiger partial charge in [-0.15, -0.1) is 0 Å². The monoisotopic (exact) mass is 334 g/mol. The summed E-state index contributed by atoms with van der Waals surface area (Å²) in [6, 6.07) is 0.634. The van der Waals surface area contributed by atoms with Crippen LogP contribution in [0, 0.1) is 0 Å². The number of hydrogen-bond acceptors (Lipinski definition) is 5. The van der Waals surface area contributed by atoms with Gasteiger partial charge in [0.05, 0.1) is 6.61 Å². The van der Waals surface area contributed by atoms with Crippen molar-refractivity contribution in [2.24, 2.45) is 0 Å². The summed E-state index contributed by atoms with van der Waals surface area (Å²) in [5, 5.41) is 0. The lowest BCUT2D eigenvalue weighted by Gasteiger charge is -2.35. The SMILES string of the molecule is C=C(C)C(=O)OCCC[Si](OC)(OC(C)C)O[Si](C)(C)C. The lowest BCUT2D eigenvalue weighted by molar-refractivity contribution is -0.139. The third-order valence-electron chi connectivity index (χ3n) is 2.40. The molecule has 7 heteroatoms. The highest BCUT2D eigenvalue weighted by atomic mass is 28.5. The van der Waals surface area contributed by atoms with Crippen molar-refractivity contribution in [2.45, 2.75) is 59.0 Å². The molecule has 0 aliphatic rings. The average Bonchev–Trinajstić information content (AvgIpc) is 2.31. The van der Waals surface area contributed by atoms with Gasteiger partial charge in [0.1, 0.15) is 0 Å². The summed E-state index contributed by atoms with van der Waals surface area (Å²) < 4.78 is 23.0. The molecule has 21 heavy (non-hydrogen) atoms. The molecule has 0 aromatic carbocycles. The number of ether oxygens (including phenoxy) is 1. The predicted molar refractivity (Wildman–Crippen MR) is 88.6 cm³/mol. The maximum atomic E-state index is 11.3. The second-order valence-corrected chi connectivity index (χ2v) is 13.8. The Balaban J connectivity index is 4.60. The van der Waals surface area contributed by atoms with E-state index in [-0.39, 0.29) is 12.1 Å². The molecule has 1 atom stereocenters. The van der Waals surface area contributed by atoms with Crippen molar-refractivity contribution in [1.82, 2.24) is 0 Å². The van der Waals surface area contributed by atoms with Gasteiger partial charge in [0.25, 0.3) is 0 Å². The minimum Gasteiger partial charge on any atom is -0.462 e. The van der Waals surface area contributed by atoms with Gasteiger partial charge in [-0.1, -0.05) is 6.58 Å². The lowest BCUT2D eigenvalue weighted by atomic mass is 10.4. The van der Waals surface area contributed by atoms with Gasteiger partial charge in [0.15, 0.2) is 8.32 Å². The molecule has 0 aromatic heterocycles. The van der Waals surface area contributed by atoms with Crippen LogP contribution < -0.4 is 0 Å². The van der Waals surface area contributed by atoms with Crippen LogP contribution in [0.15, 0.2) is 12.2 Å². The van der Waals surface area contributed by atoms with E-state index in [4.69, 9.17) is 17.7 Å². The zero-order valence-corrected chi connectivity index (χ0v) is 16.4. The summed E-state index contributed by atoms with van der Waals surface area (Å²) >= 11 is 0. The maximum Gasteiger partial charge on any atom is 0.490 e. The molecular weight excluding hydrogens is 304 g/mol. The molecule has 0 heterocycles. The maximum absolute atomic E-state index is 11.3. The summed E-state index contributed by atoms with van der Waals surface area (Å²) in [5.74, 6) is -0.365. The quantitative estimate of drug-likeness (QED) is 0.265. The summed E-state index contributed by atoms with van der Waals surface area (Å²) in [6.45, 7) is 15.8. The number of hydrogen-bond donors (Lipinski definition) is 0. The third-order valence-corrected chi connectivity index (χ3v) is 8.51. The molecule has 0 bridgehead atoms. The standard InChI is InChI=1S/C14H30O5Si2/c1-12(2)14(15)17-10-9-11-21(16-5,18-13(3)4)19-20(6,7)8/h13H,1,9-11H2,2-8H3. The van der Waals surface area contributed by atoms with Crippen LogP contribution in [-0.4, -0.2) is 42.9 Å². The molecule has 0 radical (unpaired) electrons. The van der Waals surface area contributed by atoms with Gasteiger partial charge in [-0.2, -0.15) is 0 Å². The highest BCUT2D eigenvalue weighted by Gasteiger charge is 2.44. The number of esters is 1. The van der Waals surface area contributed by atoms with E-state index in [1.165, 1.54) is 0 Å². The first-order valence-electron chi connectivity index (χ1n) is 7.27. The predicted octanol–water partition coefficient (Wildman–Crippen LogP) is 3.36. The van der Waals surface area contributed by atoms with E-state index in [9.17, 15) is 4.79 Å². The van der Waals surface area contributed by atoms with Crippen LogP contribution in [0.25, 0.3) is 0 Å². The van der Waals surface area contributed by atoms with E-state index in [0.717, 1.165) is 0 Å². The highest BCUT2D eigenvalue weighted by molar-refractivity contribution is 6.80. The normalized spacial score (nSPS) is 14.9. The van der Waals surface area contributed by atoms with Crippen molar-refractivity contribution in [3.05, 3.63) is 12.2 Å². The van der Waals surface area contributed by atoms with Gasteiger partial charge >= 0.3 is 14.8 Å². The van der Waals surface area contributed by atoms with Crippen molar-refractivity contribution < 1.29 is 22.5 Å². The highest BCUT2D eigenvalue weighted by Crippen LogP contribution is 2.24. The van der Waals surface area contributed by atoms with Gasteiger partial charge in [-0.25, -0.2) is 4.79 Å². The van der Waals surface area contributed by atoms with E-state index < -0.39 is 17.1 Å². The van der Waals surface area contributed by atoms with Gasteiger partial charge in [-0.3, -0.25) is 0 Å². The van der Waals surface area contributed by atoms with Crippen molar-refractivity contribution >= 4 is 23.1 Å². The van der Waals surface area contributed by atoms with Crippen LogP contribution in [-0.2, 0) is 22.5 Å². The summed E-state index contributed by atoms with van der Waals surface area (Å²) in [4.78, 5) is 11.3. The van der Waals surface area contributed by atoms with E-state index in [1.54, 1.807) is 14.0 Å². The number of rotatable bonds is 10. The Hall–Kier alpha value is -0.476. The first-order valence-corrected chi connectivity index (χ1v) is 12.6. The summed E-state index contributed by atoms with van der Waals surface area (Å²) in [5.41, 5.74) is 0.405. The molecule has 0 aliphatic carbocycles. The molecule has 0 saturated carbocycles. The summed E-state index contributed by atoms with van der Waals surface area (Å²) in [7, 11) is -2.88. The number of carbonyl (C=O) groups excluding carboxylic acids is 1. The largest absolute Gasteiger partial charge is 0.490 e. The van der Waals surface area contributed by atoms with Crippen LogP contribution in [0.2, 0.25) is 25.7 Å².